The highest BCUT2D eigenvalue weighted by Gasteiger charge is 2.08. The Hall–Kier alpha value is -2.54. The maximum absolute atomic E-state index is 12.1. The number of benzene rings is 1. The fourth-order valence-electron chi connectivity index (χ4n) is 1.83. The average molecular weight is 287 g/mol. The molecular formula is C13H9N3O3S. The summed E-state index contributed by atoms with van der Waals surface area (Å²) in [6.07, 6.45) is 0. The Balaban J connectivity index is 1.94. The average Bonchev–Trinajstić information content (AvgIpc) is 2.92. The highest BCUT2D eigenvalue weighted by atomic mass is 32.1. The molecule has 0 saturated heterocycles. The van der Waals surface area contributed by atoms with E-state index in [1.54, 1.807) is 23.6 Å². The van der Waals surface area contributed by atoms with Crippen LogP contribution >= 0.6 is 11.3 Å². The van der Waals surface area contributed by atoms with Gasteiger partial charge in [-0.2, -0.15) is 0 Å². The largest absolute Gasteiger partial charge is 0.478 e. The van der Waals surface area contributed by atoms with Gasteiger partial charge < -0.3 is 5.11 Å². The van der Waals surface area contributed by atoms with Crippen molar-refractivity contribution in [3.8, 4) is 0 Å². The van der Waals surface area contributed by atoms with Crippen molar-refractivity contribution < 1.29 is 9.90 Å². The van der Waals surface area contributed by atoms with Gasteiger partial charge in [-0.15, -0.1) is 16.4 Å². The van der Waals surface area contributed by atoms with E-state index < -0.39 is 5.97 Å². The third-order valence-corrected chi connectivity index (χ3v) is 3.76. The van der Waals surface area contributed by atoms with Crippen LogP contribution in [0.2, 0.25) is 0 Å². The molecule has 0 atom stereocenters. The van der Waals surface area contributed by atoms with Crippen LogP contribution in [0.1, 0.15) is 15.9 Å². The Morgan fingerprint density at radius 3 is 2.70 bits per heavy atom. The van der Waals surface area contributed by atoms with Gasteiger partial charge in [-0.3, -0.25) is 4.79 Å². The van der Waals surface area contributed by atoms with Crippen molar-refractivity contribution in [3.05, 3.63) is 57.2 Å². The summed E-state index contributed by atoms with van der Waals surface area (Å²) in [7, 11) is 0. The monoisotopic (exact) mass is 287 g/mol. The summed E-state index contributed by atoms with van der Waals surface area (Å²) in [5.74, 6) is -0.978. The van der Waals surface area contributed by atoms with Gasteiger partial charge >= 0.3 is 5.97 Å². The smallest absolute Gasteiger partial charge is 0.335 e. The Bertz CT molecular complexity index is 836. The zero-order chi connectivity index (χ0) is 14.1. The van der Waals surface area contributed by atoms with Crippen LogP contribution in [0.4, 0.5) is 0 Å². The molecule has 100 valence electrons. The lowest BCUT2D eigenvalue weighted by Crippen LogP contribution is -2.23. The van der Waals surface area contributed by atoms with Gasteiger partial charge in [0, 0.05) is 0 Å². The van der Waals surface area contributed by atoms with Gasteiger partial charge in [0.1, 0.15) is 10.2 Å². The molecular weight excluding hydrogens is 278 g/mol. The number of carbonyl (C=O) groups is 1. The van der Waals surface area contributed by atoms with Crippen LogP contribution in [0.15, 0.2) is 40.5 Å². The van der Waals surface area contributed by atoms with Gasteiger partial charge in [0.05, 0.1) is 12.1 Å². The van der Waals surface area contributed by atoms with Crippen molar-refractivity contribution in [1.29, 1.82) is 0 Å². The SMILES string of the molecule is O=C(O)c1ccc(Cn2nnc3ccsc3c2=O)cc1. The quantitative estimate of drug-likeness (QED) is 0.791. The zero-order valence-corrected chi connectivity index (χ0v) is 11.0. The minimum atomic E-state index is -0.978. The molecule has 0 amide bonds. The summed E-state index contributed by atoms with van der Waals surface area (Å²) < 4.78 is 1.84. The van der Waals surface area contributed by atoms with Crippen molar-refractivity contribution in [2.75, 3.05) is 0 Å². The minimum Gasteiger partial charge on any atom is -0.478 e. The Morgan fingerprint density at radius 1 is 1.25 bits per heavy atom. The van der Waals surface area contributed by atoms with Crippen molar-refractivity contribution >= 4 is 27.5 Å². The molecule has 0 saturated carbocycles. The molecule has 0 spiro atoms. The van der Waals surface area contributed by atoms with Crippen LogP contribution < -0.4 is 5.56 Å². The maximum Gasteiger partial charge on any atom is 0.335 e. The van der Waals surface area contributed by atoms with E-state index in [9.17, 15) is 9.59 Å². The summed E-state index contributed by atoms with van der Waals surface area (Å²) in [4.78, 5) is 22.9. The molecule has 2 heterocycles. The third kappa shape index (κ3) is 2.19. The molecule has 3 aromatic rings. The molecule has 0 fully saturated rings. The van der Waals surface area contributed by atoms with E-state index in [2.05, 4.69) is 10.3 Å². The Labute approximate surface area is 116 Å². The highest BCUT2D eigenvalue weighted by Crippen LogP contribution is 2.13. The fraction of sp³-hybridized carbons (Fsp3) is 0.0769. The van der Waals surface area contributed by atoms with Crippen LogP contribution in [-0.2, 0) is 6.54 Å². The number of rotatable bonds is 3. The van der Waals surface area contributed by atoms with E-state index in [1.165, 1.54) is 28.2 Å². The number of carboxylic acid groups (broad SMARTS) is 1. The Morgan fingerprint density at radius 2 is 2.00 bits per heavy atom. The molecule has 0 aliphatic carbocycles. The predicted molar refractivity (Wildman–Crippen MR) is 74.2 cm³/mol. The van der Waals surface area contributed by atoms with Crippen molar-refractivity contribution in [2.24, 2.45) is 0 Å². The van der Waals surface area contributed by atoms with Crippen LogP contribution in [0.25, 0.3) is 10.2 Å². The molecule has 0 unspecified atom stereocenters. The number of hydrogen-bond donors (Lipinski definition) is 1. The standard InChI is InChI=1S/C13H9N3O3S/c17-12-11-10(5-6-20-11)14-15-16(12)7-8-1-3-9(4-2-8)13(18)19/h1-6H,7H2,(H,18,19). The fourth-order valence-corrected chi connectivity index (χ4v) is 2.60. The van der Waals surface area contributed by atoms with Gasteiger partial charge in [0.2, 0.25) is 0 Å². The van der Waals surface area contributed by atoms with Gasteiger partial charge in [-0.05, 0) is 29.1 Å². The van der Waals surface area contributed by atoms with E-state index in [0.29, 0.717) is 10.2 Å². The van der Waals surface area contributed by atoms with Crippen LogP contribution in [0.3, 0.4) is 0 Å². The van der Waals surface area contributed by atoms with Gasteiger partial charge in [0.25, 0.3) is 5.56 Å². The number of hydrogen-bond acceptors (Lipinski definition) is 5. The van der Waals surface area contributed by atoms with Gasteiger partial charge in [0.15, 0.2) is 0 Å². The van der Waals surface area contributed by atoms with Crippen LogP contribution in [-0.4, -0.2) is 26.1 Å². The number of nitrogens with zero attached hydrogens (tertiary/aromatic N) is 3. The van der Waals surface area contributed by atoms with Crippen molar-refractivity contribution in [2.45, 2.75) is 6.54 Å². The molecule has 3 rings (SSSR count). The zero-order valence-electron chi connectivity index (χ0n) is 10.2. The molecule has 6 nitrogen and oxygen atoms in total. The summed E-state index contributed by atoms with van der Waals surface area (Å²) >= 11 is 1.33. The summed E-state index contributed by atoms with van der Waals surface area (Å²) in [5, 5.41) is 18.5. The van der Waals surface area contributed by atoms with E-state index >= 15 is 0 Å². The lowest BCUT2D eigenvalue weighted by Gasteiger charge is -2.04. The predicted octanol–water partition coefficient (Wildman–Crippen LogP) is 1.60. The van der Waals surface area contributed by atoms with E-state index in [1.807, 2.05) is 0 Å². The minimum absolute atomic E-state index is 0.188. The first kappa shape index (κ1) is 12.5. The van der Waals surface area contributed by atoms with Gasteiger partial charge in [-0.1, -0.05) is 17.3 Å². The lowest BCUT2D eigenvalue weighted by atomic mass is 10.1. The van der Waals surface area contributed by atoms with E-state index in [-0.39, 0.29) is 17.7 Å². The molecule has 0 aliphatic heterocycles. The second kappa shape index (κ2) is 4.86. The molecule has 1 aromatic carbocycles. The van der Waals surface area contributed by atoms with E-state index in [0.717, 1.165) is 5.56 Å². The molecule has 7 heteroatoms. The topological polar surface area (TPSA) is 85.1 Å². The van der Waals surface area contributed by atoms with E-state index in [4.69, 9.17) is 5.11 Å². The normalized spacial score (nSPS) is 10.8. The number of carboxylic acids is 1. The van der Waals surface area contributed by atoms with Gasteiger partial charge in [-0.25, -0.2) is 9.48 Å². The van der Waals surface area contributed by atoms with Crippen LogP contribution in [0.5, 0.6) is 0 Å². The summed E-state index contributed by atoms with van der Waals surface area (Å²) in [6, 6.07) is 8.08. The summed E-state index contributed by atoms with van der Waals surface area (Å²) in [6.45, 7) is 0.263. The third-order valence-electron chi connectivity index (χ3n) is 2.87. The second-order valence-corrected chi connectivity index (χ2v) is 5.11. The molecule has 1 N–H and O–H groups in total. The summed E-state index contributed by atoms with van der Waals surface area (Å²) in [5.41, 5.74) is 1.41. The first-order valence-electron chi connectivity index (χ1n) is 5.78. The molecule has 20 heavy (non-hydrogen) atoms. The van der Waals surface area contributed by atoms with Crippen molar-refractivity contribution in [1.82, 2.24) is 15.0 Å². The van der Waals surface area contributed by atoms with Crippen LogP contribution in [0, 0.1) is 0 Å². The highest BCUT2D eigenvalue weighted by molar-refractivity contribution is 7.17. The number of aromatic carboxylic acids is 1. The maximum atomic E-state index is 12.1. The number of fused-ring (bicyclic) bond motifs is 1. The van der Waals surface area contributed by atoms with Crippen molar-refractivity contribution in [3.63, 3.8) is 0 Å². The molecule has 0 aliphatic rings. The molecule has 0 radical (unpaired) electrons. The Kier molecular flexibility index (Phi) is 3.03. The lowest BCUT2D eigenvalue weighted by molar-refractivity contribution is 0.0697. The second-order valence-electron chi connectivity index (χ2n) is 4.19. The first-order chi connectivity index (χ1) is 9.65. The number of thiophene rings is 1. The number of aromatic nitrogens is 3. The molecule has 0 bridgehead atoms. The first-order valence-corrected chi connectivity index (χ1v) is 6.66. The molecule has 2 aromatic heterocycles.